The number of rotatable bonds is 4. The van der Waals surface area contributed by atoms with E-state index in [9.17, 15) is 8.78 Å². The third-order valence-corrected chi connectivity index (χ3v) is 3.88. The van der Waals surface area contributed by atoms with Crippen molar-refractivity contribution in [1.82, 2.24) is 10.2 Å². The molecule has 0 radical (unpaired) electrons. The number of nitrogens with zero attached hydrogens (tertiary/aromatic N) is 1. The van der Waals surface area contributed by atoms with Crippen molar-refractivity contribution in [3.8, 4) is 0 Å². The lowest BCUT2D eigenvalue weighted by Gasteiger charge is -2.34. The van der Waals surface area contributed by atoms with Gasteiger partial charge >= 0.3 is 0 Å². The topological polar surface area (TPSA) is 15.3 Å². The molecule has 1 saturated heterocycles. The summed E-state index contributed by atoms with van der Waals surface area (Å²) in [5.74, 6) is -1.56. The predicted molar refractivity (Wildman–Crippen MR) is 73.0 cm³/mol. The zero-order valence-corrected chi connectivity index (χ0v) is 11.6. The molecule has 0 aliphatic carbocycles. The predicted octanol–water partition coefficient (Wildman–Crippen LogP) is 3.10. The Morgan fingerprint density at radius 1 is 1.37 bits per heavy atom. The van der Waals surface area contributed by atoms with Crippen LogP contribution in [0.25, 0.3) is 0 Å². The molecule has 2 rings (SSSR count). The summed E-state index contributed by atoms with van der Waals surface area (Å²) in [4.78, 5) is 2.42. The second-order valence-corrected chi connectivity index (χ2v) is 5.29. The van der Waals surface area contributed by atoms with Gasteiger partial charge in [-0.1, -0.05) is 13.0 Å². The van der Waals surface area contributed by atoms with E-state index in [0.29, 0.717) is 6.04 Å². The first kappa shape index (κ1) is 14.4. The van der Waals surface area contributed by atoms with Crippen LogP contribution in [0.15, 0.2) is 18.2 Å². The van der Waals surface area contributed by atoms with Gasteiger partial charge in [-0.05, 0) is 50.6 Å². The quantitative estimate of drug-likeness (QED) is 0.902. The van der Waals surface area contributed by atoms with Crippen LogP contribution < -0.4 is 5.32 Å². The molecule has 0 bridgehead atoms. The summed E-state index contributed by atoms with van der Waals surface area (Å²) in [7, 11) is 0. The van der Waals surface area contributed by atoms with Crippen LogP contribution in [0, 0.1) is 11.6 Å². The first-order valence-electron chi connectivity index (χ1n) is 7.03. The maximum Gasteiger partial charge on any atom is 0.159 e. The van der Waals surface area contributed by atoms with Gasteiger partial charge in [0.05, 0.1) is 0 Å². The summed E-state index contributed by atoms with van der Waals surface area (Å²) in [6, 6.07) is 4.60. The molecular weight excluding hydrogens is 246 g/mol. The standard InChI is InChI=1S/C15H22F2N2/c1-3-19-8-4-5-13(10-19)18-11(2)12-6-7-14(16)15(17)9-12/h6-7,9,11,13,18H,3-5,8,10H2,1-2H3. The molecule has 2 nitrogen and oxygen atoms in total. The molecule has 2 unspecified atom stereocenters. The smallest absolute Gasteiger partial charge is 0.159 e. The average Bonchev–Trinajstić information content (AvgIpc) is 2.42. The van der Waals surface area contributed by atoms with Crippen LogP contribution in [-0.2, 0) is 0 Å². The Bertz CT molecular complexity index is 423. The van der Waals surface area contributed by atoms with E-state index in [1.807, 2.05) is 6.92 Å². The summed E-state index contributed by atoms with van der Waals surface area (Å²) in [6.45, 7) is 7.43. The molecule has 1 aromatic rings. The van der Waals surface area contributed by atoms with Crippen LogP contribution >= 0.6 is 0 Å². The van der Waals surface area contributed by atoms with Gasteiger partial charge in [-0.3, -0.25) is 0 Å². The number of hydrogen-bond donors (Lipinski definition) is 1. The molecule has 19 heavy (non-hydrogen) atoms. The number of piperidine rings is 1. The second kappa shape index (κ2) is 6.44. The van der Waals surface area contributed by atoms with Crippen LogP contribution in [0.1, 0.15) is 38.3 Å². The Morgan fingerprint density at radius 2 is 2.16 bits per heavy atom. The SMILES string of the molecule is CCN1CCCC(NC(C)c2ccc(F)c(F)c2)C1. The molecule has 1 aromatic carbocycles. The maximum atomic E-state index is 13.2. The molecule has 2 atom stereocenters. The first-order valence-corrected chi connectivity index (χ1v) is 7.03. The largest absolute Gasteiger partial charge is 0.306 e. The summed E-state index contributed by atoms with van der Waals surface area (Å²) in [5.41, 5.74) is 0.799. The number of hydrogen-bond acceptors (Lipinski definition) is 2. The van der Waals surface area contributed by atoms with Crippen molar-refractivity contribution in [2.75, 3.05) is 19.6 Å². The third kappa shape index (κ3) is 3.74. The minimum atomic E-state index is -0.786. The van der Waals surface area contributed by atoms with Gasteiger partial charge < -0.3 is 10.2 Å². The molecular formula is C15H22F2N2. The average molecular weight is 268 g/mol. The number of nitrogens with one attached hydrogen (secondary N) is 1. The molecule has 1 N–H and O–H groups in total. The Hall–Kier alpha value is -1.00. The van der Waals surface area contributed by atoms with Gasteiger partial charge in [0.15, 0.2) is 11.6 Å². The molecule has 0 amide bonds. The van der Waals surface area contributed by atoms with Gasteiger partial charge in [0, 0.05) is 18.6 Å². The lowest BCUT2D eigenvalue weighted by atomic mass is 10.0. The fourth-order valence-electron chi connectivity index (χ4n) is 2.71. The fraction of sp³-hybridized carbons (Fsp3) is 0.600. The van der Waals surface area contributed by atoms with Crippen LogP contribution in [0.3, 0.4) is 0 Å². The molecule has 0 aromatic heterocycles. The van der Waals surface area contributed by atoms with Crippen LogP contribution in [-0.4, -0.2) is 30.6 Å². The van der Waals surface area contributed by atoms with Crippen LogP contribution in [0.5, 0.6) is 0 Å². The van der Waals surface area contributed by atoms with Crippen LogP contribution in [0.2, 0.25) is 0 Å². The van der Waals surface area contributed by atoms with E-state index in [-0.39, 0.29) is 6.04 Å². The number of likely N-dealkylation sites (N-methyl/N-ethyl adjacent to an activating group) is 1. The van der Waals surface area contributed by atoms with Gasteiger partial charge in [0.25, 0.3) is 0 Å². The highest BCUT2D eigenvalue weighted by Gasteiger charge is 2.20. The molecule has 4 heteroatoms. The fourth-order valence-corrected chi connectivity index (χ4v) is 2.71. The van der Waals surface area contributed by atoms with Gasteiger partial charge in [0.2, 0.25) is 0 Å². The van der Waals surface area contributed by atoms with Gasteiger partial charge in [-0.2, -0.15) is 0 Å². The zero-order valence-electron chi connectivity index (χ0n) is 11.6. The summed E-state index contributed by atoms with van der Waals surface area (Å²) in [6.07, 6.45) is 2.33. The van der Waals surface area contributed by atoms with Crippen LogP contribution in [0.4, 0.5) is 8.78 Å². The van der Waals surface area contributed by atoms with Crippen molar-refractivity contribution in [1.29, 1.82) is 0 Å². The van der Waals surface area contributed by atoms with Gasteiger partial charge in [-0.15, -0.1) is 0 Å². The second-order valence-electron chi connectivity index (χ2n) is 5.29. The molecule has 106 valence electrons. The maximum absolute atomic E-state index is 13.2. The number of likely N-dealkylation sites (tertiary alicyclic amines) is 1. The highest BCUT2D eigenvalue weighted by atomic mass is 19.2. The monoisotopic (exact) mass is 268 g/mol. The van der Waals surface area contributed by atoms with Crippen molar-refractivity contribution in [3.63, 3.8) is 0 Å². The Labute approximate surface area is 113 Å². The highest BCUT2D eigenvalue weighted by Crippen LogP contribution is 2.19. The van der Waals surface area contributed by atoms with Crippen molar-refractivity contribution < 1.29 is 8.78 Å². The van der Waals surface area contributed by atoms with Gasteiger partial charge in [-0.25, -0.2) is 8.78 Å². The number of halogens is 2. The minimum absolute atomic E-state index is 0.0388. The molecule has 0 saturated carbocycles. The molecule has 1 fully saturated rings. The normalized spacial score (nSPS) is 22.4. The van der Waals surface area contributed by atoms with E-state index in [1.165, 1.54) is 18.6 Å². The van der Waals surface area contributed by atoms with E-state index in [1.54, 1.807) is 6.07 Å². The molecule has 1 aliphatic rings. The molecule has 1 heterocycles. The molecule has 1 aliphatic heterocycles. The summed E-state index contributed by atoms with van der Waals surface area (Å²) >= 11 is 0. The Kier molecular flexibility index (Phi) is 4.88. The van der Waals surface area contributed by atoms with E-state index in [0.717, 1.165) is 31.6 Å². The lowest BCUT2D eigenvalue weighted by Crippen LogP contribution is -2.46. The van der Waals surface area contributed by atoms with E-state index >= 15 is 0 Å². The van der Waals surface area contributed by atoms with Gasteiger partial charge in [0.1, 0.15) is 0 Å². The highest BCUT2D eigenvalue weighted by molar-refractivity contribution is 5.20. The Balaban J connectivity index is 1.96. The van der Waals surface area contributed by atoms with Crippen molar-refractivity contribution in [3.05, 3.63) is 35.4 Å². The van der Waals surface area contributed by atoms with Crippen molar-refractivity contribution in [2.45, 2.75) is 38.8 Å². The Morgan fingerprint density at radius 3 is 2.84 bits per heavy atom. The summed E-state index contributed by atoms with van der Waals surface area (Å²) < 4.78 is 26.1. The van der Waals surface area contributed by atoms with E-state index < -0.39 is 11.6 Å². The minimum Gasteiger partial charge on any atom is -0.306 e. The molecule has 0 spiro atoms. The van der Waals surface area contributed by atoms with E-state index in [2.05, 4.69) is 17.1 Å². The summed E-state index contributed by atoms with van der Waals surface area (Å²) in [5, 5.41) is 3.52. The third-order valence-electron chi connectivity index (χ3n) is 3.88. The lowest BCUT2D eigenvalue weighted by molar-refractivity contribution is 0.192. The van der Waals surface area contributed by atoms with Crippen molar-refractivity contribution in [2.24, 2.45) is 0 Å². The first-order chi connectivity index (χ1) is 9.10. The number of benzene rings is 1. The van der Waals surface area contributed by atoms with E-state index in [4.69, 9.17) is 0 Å². The van der Waals surface area contributed by atoms with Crippen molar-refractivity contribution >= 4 is 0 Å². The zero-order chi connectivity index (χ0) is 13.8.